The highest BCUT2D eigenvalue weighted by Gasteiger charge is 2.38. The van der Waals surface area contributed by atoms with Gasteiger partial charge in [0.15, 0.2) is 0 Å². The zero-order valence-electron chi connectivity index (χ0n) is 7.89. The molecule has 3 heteroatoms. The average molecular weight is 173 g/mol. The lowest BCUT2D eigenvalue weighted by Gasteiger charge is -2.38. The van der Waals surface area contributed by atoms with Crippen LogP contribution in [0.1, 0.15) is 20.3 Å². The Morgan fingerprint density at radius 2 is 1.82 bits per heavy atom. The molecule has 0 spiro atoms. The van der Waals surface area contributed by atoms with Gasteiger partial charge in [-0.05, 0) is 18.6 Å². The fourth-order valence-electron chi connectivity index (χ4n) is 1.43. The lowest BCUT2D eigenvalue weighted by molar-refractivity contribution is -0.0643. The Bertz CT molecular complexity index is 121. The zero-order valence-corrected chi connectivity index (χ0v) is 8.89. The minimum Gasteiger partial charge on any atom is -0.343 e. The summed E-state index contributed by atoms with van der Waals surface area (Å²) in [5.74, 6) is 0. The second-order valence-corrected chi connectivity index (χ2v) is 7.59. The standard InChI is InChI=1S/C8H19NOSi/c1-4-9(5-2)10-11(3)7-6-8-11/h4-8H2,1-3H3. The lowest BCUT2D eigenvalue weighted by Crippen LogP contribution is -2.47. The Hall–Kier alpha value is 0.137. The predicted molar refractivity (Wildman–Crippen MR) is 49.9 cm³/mol. The van der Waals surface area contributed by atoms with E-state index in [4.69, 9.17) is 4.53 Å². The number of hydrogen-bond donors (Lipinski definition) is 0. The summed E-state index contributed by atoms with van der Waals surface area (Å²) in [6.45, 7) is 8.70. The van der Waals surface area contributed by atoms with Crippen LogP contribution in [0, 0.1) is 0 Å². The van der Waals surface area contributed by atoms with E-state index < -0.39 is 8.32 Å². The lowest BCUT2D eigenvalue weighted by atomic mass is 10.5. The van der Waals surface area contributed by atoms with Crippen molar-refractivity contribution in [3.8, 4) is 0 Å². The number of hydroxylamine groups is 2. The van der Waals surface area contributed by atoms with Gasteiger partial charge >= 0.3 is 0 Å². The maximum Gasteiger partial charge on any atom is 0.218 e. The van der Waals surface area contributed by atoms with Gasteiger partial charge in [-0.3, -0.25) is 0 Å². The molecule has 1 rings (SSSR count). The molecule has 0 aromatic carbocycles. The number of hydrogen-bond acceptors (Lipinski definition) is 2. The summed E-state index contributed by atoms with van der Waals surface area (Å²) in [5, 5.41) is 2.10. The largest absolute Gasteiger partial charge is 0.343 e. The van der Waals surface area contributed by atoms with Gasteiger partial charge in [0, 0.05) is 13.1 Å². The molecule has 0 aromatic rings. The van der Waals surface area contributed by atoms with Gasteiger partial charge in [0.25, 0.3) is 0 Å². The molecule has 2 nitrogen and oxygen atoms in total. The third-order valence-corrected chi connectivity index (χ3v) is 5.99. The molecule has 0 aromatic heterocycles. The monoisotopic (exact) mass is 173 g/mol. The Balaban J connectivity index is 2.27. The van der Waals surface area contributed by atoms with Crippen LogP contribution in [0.25, 0.3) is 0 Å². The van der Waals surface area contributed by atoms with Crippen molar-refractivity contribution in [1.29, 1.82) is 0 Å². The highest BCUT2D eigenvalue weighted by molar-refractivity contribution is 6.74. The fourth-order valence-corrected chi connectivity index (χ4v) is 3.84. The molecular formula is C8H19NOSi. The van der Waals surface area contributed by atoms with Gasteiger partial charge in [-0.25, -0.2) is 5.06 Å². The van der Waals surface area contributed by atoms with Crippen molar-refractivity contribution in [2.24, 2.45) is 0 Å². The Morgan fingerprint density at radius 1 is 1.27 bits per heavy atom. The molecule has 0 aliphatic carbocycles. The molecule has 1 aliphatic heterocycles. The molecule has 0 atom stereocenters. The summed E-state index contributed by atoms with van der Waals surface area (Å²) in [6, 6.07) is 2.73. The van der Waals surface area contributed by atoms with E-state index in [9.17, 15) is 0 Å². The van der Waals surface area contributed by atoms with Crippen LogP contribution >= 0.6 is 0 Å². The SMILES string of the molecule is CCN(CC)O[Si]1(C)CCC1. The van der Waals surface area contributed by atoms with Crippen molar-refractivity contribution < 1.29 is 4.53 Å². The van der Waals surface area contributed by atoms with Gasteiger partial charge in [0.1, 0.15) is 0 Å². The van der Waals surface area contributed by atoms with Gasteiger partial charge < -0.3 is 4.53 Å². The van der Waals surface area contributed by atoms with Crippen molar-refractivity contribution in [3.05, 3.63) is 0 Å². The summed E-state index contributed by atoms with van der Waals surface area (Å²) < 4.78 is 5.94. The van der Waals surface area contributed by atoms with E-state index >= 15 is 0 Å². The van der Waals surface area contributed by atoms with E-state index in [0.29, 0.717) is 0 Å². The molecule has 0 unspecified atom stereocenters. The van der Waals surface area contributed by atoms with E-state index in [0.717, 1.165) is 13.1 Å². The van der Waals surface area contributed by atoms with E-state index in [1.54, 1.807) is 0 Å². The molecule has 0 radical (unpaired) electrons. The molecular weight excluding hydrogens is 154 g/mol. The maximum atomic E-state index is 5.94. The van der Waals surface area contributed by atoms with Gasteiger partial charge in [0.2, 0.25) is 8.32 Å². The predicted octanol–water partition coefficient (Wildman–Crippen LogP) is 2.24. The molecule has 0 N–H and O–H groups in total. The summed E-state index contributed by atoms with van der Waals surface area (Å²) in [7, 11) is -1.18. The fraction of sp³-hybridized carbons (Fsp3) is 1.00. The van der Waals surface area contributed by atoms with E-state index in [2.05, 4.69) is 25.5 Å². The zero-order chi connectivity index (χ0) is 8.32. The van der Waals surface area contributed by atoms with Gasteiger partial charge in [-0.15, -0.1) is 0 Å². The molecule has 0 saturated carbocycles. The Morgan fingerprint density at radius 3 is 2.09 bits per heavy atom. The summed E-state index contributed by atoms with van der Waals surface area (Å²) in [4.78, 5) is 0. The number of rotatable bonds is 4. The van der Waals surface area contributed by atoms with E-state index in [-0.39, 0.29) is 0 Å². The molecule has 11 heavy (non-hydrogen) atoms. The van der Waals surface area contributed by atoms with Crippen molar-refractivity contribution in [3.63, 3.8) is 0 Å². The van der Waals surface area contributed by atoms with Crippen molar-refractivity contribution in [2.45, 2.75) is 38.9 Å². The van der Waals surface area contributed by atoms with E-state index in [1.165, 1.54) is 18.5 Å². The van der Waals surface area contributed by atoms with Crippen molar-refractivity contribution >= 4 is 8.32 Å². The molecule has 0 bridgehead atoms. The molecule has 1 aliphatic rings. The first-order valence-corrected chi connectivity index (χ1v) is 7.46. The van der Waals surface area contributed by atoms with Crippen molar-refractivity contribution in [2.75, 3.05) is 13.1 Å². The molecule has 66 valence electrons. The summed E-state index contributed by atoms with van der Waals surface area (Å²) >= 11 is 0. The third kappa shape index (κ3) is 2.29. The second kappa shape index (κ2) is 3.69. The summed E-state index contributed by atoms with van der Waals surface area (Å²) in [5.41, 5.74) is 0. The smallest absolute Gasteiger partial charge is 0.218 e. The molecule has 1 fully saturated rings. The van der Waals surface area contributed by atoms with Crippen LogP contribution in [0.4, 0.5) is 0 Å². The van der Waals surface area contributed by atoms with Crippen LogP contribution in [-0.2, 0) is 4.53 Å². The number of nitrogens with zero attached hydrogens (tertiary/aromatic N) is 1. The van der Waals surface area contributed by atoms with Gasteiger partial charge in [0.05, 0.1) is 0 Å². The highest BCUT2D eigenvalue weighted by atomic mass is 28.4. The van der Waals surface area contributed by atoms with Crippen LogP contribution in [-0.4, -0.2) is 26.5 Å². The Labute approximate surface area is 70.6 Å². The first-order valence-electron chi connectivity index (χ1n) is 4.64. The van der Waals surface area contributed by atoms with Crippen LogP contribution in [0.5, 0.6) is 0 Å². The minimum absolute atomic E-state index is 1.03. The average Bonchev–Trinajstić information content (AvgIpc) is 1.97. The molecule has 1 heterocycles. The highest BCUT2D eigenvalue weighted by Crippen LogP contribution is 2.33. The summed E-state index contributed by atoms with van der Waals surface area (Å²) in [6.07, 6.45) is 1.39. The normalized spacial score (nSPS) is 21.8. The minimum atomic E-state index is -1.18. The van der Waals surface area contributed by atoms with Gasteiger partial charge in [-0.1, -0.05) is 20.3 Å². The third-order valence-electron chi connectivity index (χ3n) is 2.47. The van der Waals surface area contributed by atoms with Crippen molar-refractivity contribution in [1.82, 2.24) is 5.06 Å². The van der Waals surface area contributed by atoms with Crippen LogP contribution in [0.3, 0.4) is 0 Å². The second-order valence-electron chi connectivity index (χ2n) is 3.51. The van der Waals surface area contributed by atoms with Crippen LogP contribution in [0.15, 0.2) is 0 Å². The molecule has 1 saturated heterocycles. The topological polar surface area (TPSA) is 12.5 Å². The van der Waals surface area contributed by atoms with Crippen LogP contribution in [0.2, 0.25) is 18.6 Å². The quantitative estimate of drug-likeness (QED) is 0.477. The Kier molecular flexibility index (Phi) is 3.10. The van der Waals surface area contributed by atoms with Crippen LogP contribution < -0.4 is 0 Å². The first kappa shape index (κ1) is 9.23. The molecule has 0 amide bonds. The maximum absolute atomic E-state index is 5.94. The van der Waals surface area contributed by atoms with Gasteiger partial charge in [-0.2, -0.15) is 0 Å². The van der Waals surface area contributed by atoms with E-state index in [1.807, 2.05) is 0 Å². The first-order chi connectivity index (χ1) is 5.20.